The second-order valence-corrected chi connectivity index (χ2v) is 5.71. The van der Waals surface area contributed by atoms with Crippen LogP contribution in [0, 0.1) is 0 Å². The molecule has 0 spiro atoms. The van der Waals surface area contributed by atoms with E-state index in [1.807, 2.05) is 4.90 Å². The average molecular weight is 284 g/mol. The lowest BCUT2D eigenvalue weighted by Gasteiger charge is -2.23. The summed E-state index contributed by atoms with van der Waals surface area (Å²) in [5, 5.41) is 11.9. The van der Waals surface area contributed by atoms with E-state index in [9.17, 15) is 9.59 Å². The van der Waals surface area contributed by atoms with Gasteiger partial charge in [0.25, 0.3) is 0 Å². The van der Waals surface area contributed by atoms with Gasteiger partial charge in [-0.3, -0.25) is 9.69 Å². The molecule has 0 aromatic heterocycles. The van der Waals surface area contributed by atoms with Gasteiger partial charge in [0.2, 0.25) is 0 Å². The number of nitrogens with zero attached hydrogens (tertiary/aromatic N) is 3. The van der Waals surface area contributed by atoms with Gasteiger partial charge in [0.05, 0.1) is 6.54 Å². The lowest BCUT2D eigenvalue weighted by molar-refractivity contribution is -0.138. The van der Waals surface area contributed by atoms with Crippen LogP contribution >= 0.6 is 0 Å². The number of nitrogens with one attached hydrogen (secondary N) is 1. The van der Waals surface area contributed by atoms with Crippen molar-refractivity contribution >= 4 is 12.0 Å². The number of carboxylic acid groups (broad SMARTS) is 1. The molecule has 0 aromatic rings. The molecule has 0 aliphatic carbocycles. The van der Waals surface area contributed by atoms with Crippen LogP contribution in [0.15, 0.2) is 0 Å². The Morgan fingerprint density at radius 3 is 2.65 bits per heavy atom. The summed E-state index contributed by atoms with van der Waals surface area (Å²) in [5.41, 5.74) is 0. The molecule has 1 atom stereocenters. The third kappa shape index (κ3) is 4.35. The van der Waals surface area contributed by atoms with Gasteiger partial charge in [-0.05, 0) is 26.4 Å². The third-order valence-corrected chi connectivity index (χ3v) is 3.95. The van der Waals surface area contributed by atoms with Gasteiger partial charge in [0.15, 0.2) is 0 Å². The Morgan fingerprint density at radius 2 is 2.00 bits per heavy atom. The van der Waals surface area contributed by atoms with E-state index >= 15 is 0 Å². The number of aliphatic carboxylic acids is 1. The number of amides is 2. The first kappa shape index (κ1) is 15.1. The molecule has 2 rings (SSSR count). The van der Waals surface area contributed by atoms with Crippen molar-refractivity contribution < 1.29 is 14.7 Å². The average Bonchev–Trinajstić information content (AvgIpc) is 2.64. The number of carboxylic acids is 1. The van der Waals surface area contributed by atoms with E-state index < -0.39 is 5.97 Å². The Kier molecular flexibility index (Phi) is 5.19. The topological polar surface area (TPSA) is 76.1 Å². The van der Waals surface area contributed by atoms with Crippen LogP contribution in [0.3, 0.4) is 0 Å². The number of carbonyl (C=O) groups excluding carboxylic acids is 1. The van der Waals surface area contributed by atoms with E-state index in [1.165, 1.54) is 0 Å². The van der Waals surface area contributed by atoms with E-state index in [0.717, 1.165) is 32.5 Å². The molecule has 2 fully saturated rings. The molecule has 2 saturated heterocycles. The first-order chi connectivity index (χ1) is 9.54. The molecular formula is C13H24N4O3. The van der Waals surface area contributed by atoms with Gasteiger partial charge in [-0.2, -0.15) is 0 Å². The Morgan fingerprint density at radius 1 is 1.20 bits per heavy atom. The summed E-state index contributed by atoms with van der Waals surface area (Å²) < 4.78 is 0. The zero-order valence-corrected chi connectivity index (χ0v) is 12.0. The minimum Gasteiger partial charge on any atom is -0.480 e. The fourth-order valence-electron chi connectivity index (χ4n) is 2.84. The molecular weight excluding hydrogens is 260 g/mol. The summed E-state index contributed by atoms with van der Waals surface area (Å²) in [6, 6.07) is 0.230. The van der Waals surface area contributed by atoms with Crippen LogP contribution in [0.25, 0.3) is 0 Å². The lowest BCUT2D eigenvalue weighted by Crippen LogP contribution is -2.47. The Hall–Kier alpha value is -1.34. The Labute approximate surface area is 119 Å². The predicted octanol–water partition coefficient (Wildman–Crippen LogP) is -0.508. The van der Waals surface area contributed by atoms with Crippen molar-refractivity contribution in [3.8, 4) is 0 Å². The highest BCUT2D eigenvalue weighted by Crippen LogP contribution is 2.08. The van der Waals surface area contributed by atoms with Gasteiger partial charge >= 0.3 is 12.0 Å². The molecule has 2 aliphatic heterocycles. The number of urea groups is 1. The number of likely N-dealkylation sites (N-methyl/N-ethyl adjacent to an activating group) is 1. The van der Waals surface area contributed by atoms with Crippen LogP contribution in [-0.2, 0) is 4.79 Å². The quantitative estimate of drug-likeness (QED) is 0.730. The summed E-state index contributed by atoms with van der Waals surface area (Å²) in [6.07, 6.45) is 1.83. The highest BCUT2D eigenvalue weighted by Gasteiger charge is 2.25. The second-order valence-electron chi connectivity index (χ2n) is 5.71. The van der Waals surface area contributed by atoms with E-state index in [1.54, 1.807) is 4.90 Å². The maximum Gasteiger partial charge on any atom is 0.317 e. The minimum atomic E-state index is -0.808. The van der Waals surface area contributed by atoms with Gasteiger partial charge in [0.1, 0.15) is 0 Å². The van der Waals surface area contributed by atoms with E-state index in [2.05, 4.69) is 17.3 Å². The van der Waals surface area contributed by atoms with Gasteiger partial charge in [-0.15, -0.1) is 0 Å². The number of hydrogen-bond donors (Lipinski definition) is 2. The molecule has 2 heterocycles. The number of carbonyl (C=O) groups is 2. The van der Waals surface area contributed by atoms with Crippen LogP contribution in [0.1, 0.15) is 12.8 Å². The molecule has 2 aliphatic rings. The molecule has 0 aromatic carbocycles. The maximum atomic E-state index is 12.2. The third-order valence-electron chi connectivity index (χ3n) is 3.95. The number of rotatable bonds is 3. The molecule has 114 valence electrons. The van der Waals surface area contributed by atoms with Crippen LogP contribution in [0.5, 0.6) is 0 Å². The van der Waals surface area contributed by atoms with Crippen LogP contribution < -0.4 is 5.32 Å². The van der Waals surface area contributed by atoms with Crippen LogP contribution in [0.4, 0.5) is 4.79 Å². The van der Waals surface area contributed by atoms with Crippen molar-refractivity contribution in [1.29, 1.82) is 0 Å². The minimum absolute atomic E-state index is 0.0116. The van der Waals surface area contributed by atoms with Gasteiger partial charge < -0.3 is 20.2 Å². The van der Waals surface area contributed by atoms with Crippen LogP contribution in [-0.4, -0.2) is 90.7 Å². The monoisotopic (exact) mass is 284 g/mol. The predicted molar refractivity (Wildman–Crippen MR) is 74.7 cm³/mol. The molecule has 2 N–H and O–H groups in total. The fraction of sp³-hybridized carbons (Fsp3) is 0.846. The largest absolute Gasteiger partial charge is 0.480 e. The molecule has 7 nitrogen and oxygen atoms in total. The van der Waals surface area contributed by atoms with E-state index in [0.29, 0.717) is 19.6 Å². The molecule has 7 heteroatoms. The molecule has 1 unspecified atom stereocenters. The lowest BCUT2D eigenvalue weighted by atomic mass is 10.3. The van der Waals surface area contributed by atoms with Crippen molar-refractivity contribution in [2.24, 2.45) is 0 Å². The zero-order chi connectivity index (χ0) is 14.5. The van der Waals surface area contributed by atoms with Gasteiger partial charge in [0, 0.05) is 38.8 Å². The first-order valence-electron chi connectivity index (χ1n) is 7.22. The Balaban J connectivity index is 1.77. The summed E-state index contributed by atoms with van der Waals surface area (Å²) in [5.74, 6) is -0.808. The summed E-state index contributed by atoms with van der Waals surface area (Å²) in [6.45, 7) is 4.66. The fourth-order valence-corrected chi connectivity index (χ4v) is 2.84. The zero-order valence-electron chi connectivity index (χ0n) is 12.0. The van der Waals surface area contributed by atoms with Gasteiger partial charge in [-0.25, -0.2) is 4.79 Å². The molecule has 2 amide bonds. The van der Waals surface area contributed by atoms with Crippen molar-refractivity contribution in [1.82, 2.24) is 20.0 Å². The summed E-state index contributed by atoms with van der Waals surface area (Å²) in [4.78, 5) is 28.8. The Bertz CT molecular complexity index is 364. The van der Waals surface area contributed by atoms with Crippen molar-refractivity contribution in [2.45, 2.75) is 18.9 Å². The molecule has 0 bridgehead atoms. The highest BCUT2D eigenvalue weighted by molar-refractivity contribution is 5.74. The highest BCUT2D eigenvalue weighted by atomic mass is 16.4. The first-order valence-corrected chi connectivity index (χ1v) is 7.22. The SMILES string of the molecule is CN1CCC(NC(=O)N2CCCN(CC(=O)O)CC2)C1. The number of likely N-dealkylation sites (tertiary alicyclic amines) is 1. The van der Waals surface area contributed by atoms with E-state index in [-0.39, 0.29) is 18.6 Å². The van der Waals surface area contributed by atoms with Crippen molar-refractivity contribution in [2.75, 3.05) is 52.9 Å². The number of hydrogen-bond acceptors (Lipinski definition) is 4. The van der Waals surface area contributed by atoms with Crippen LogP contribution in [0.2, 0.25) is 0 Å². The molecule has 0 radical (unpaired) electrons. The van der Waals surface area contributed by atoms with Crippen molar-refractivity contribution in [3.05, 3.63) is 0 Å². The molecule has 0 saturated carbocycles. The summed E-state index contributed by atoms with van der Waals surface area (Å²) in [7, 11) is 2.06. The van der Waals surface area contributed by atoms with Crippen molar-refractivity contribution in [3.63, 3.8) is 0 Å². The summed E-state index contributed by atoms with van der Waals surface area (Å²) >= 11 is 0. The maximum absolute atomic E-state index is 12.2. The van der Waals surface area contributed by atoms with E-state index in [4.69, 9.17) is 5.11 Å². The standard InChI is InChI=1S/C13H24N4O3/c1-15-6-3-11(9-15)14-13(20)17-5-2-4-16(7-8-17)10-12(18)19/h11H,2-10H2,1H3,(H,14,20)(H,18,19). The molecule has 20 heavy (non-hydrogen) atoms. The van der Waals surface area contributed by atoms with Gasteiger partial charge in [-0.1, -0.05) is 0 Å². The normalized spacial score (nSPS) is 25.4. The second kappa shape index (κ2) is 6.90. The smallest absolute Gasteiger partial charge is 0.317 e.